The first-order chi connectivity index (χ1) is 14.1. The molecule has 0 spiro atoms. The van der Waals surface area contributed by atoms with Crippen molar-refractivity contribution in [1.29, 1.82) is 0 Å². The van der Waals surface area contributed by atoms with Crippen LogP contribution in [-0.2, 0) is 6.54 Å². The third-order valence-electron chi connectivity index (χ3n) is 6.20. The molecule has 2 fully saturated rings. The smallest absolute Gasteiger partial charge is 0.261 e. The monoisotopic (exact) mass is 425 g/mol. The first-order valence-corrected chi connectivity index (χ1v) is 10.2. The third-order valence-corrected chi connectivity index (χ3v) is 6.20. The minimum Gasteiger partial charge on any atom is -0.337 e. The Kier molecular flexibility index (Phi) is 5.62. The SMILES string of the molecule is Cl.O=C(c1cccc(CN2C(=O)c3ccccc3C2=O)c1)N1CCC2CCC(C1)N2. The van der Waals surface area contributed by atoms with Gasteiger partial charge in [-0.05, 0) is 49.1 Å². The number of amides is 3. The van der Waals surface area contributed by atoms with Crippen LogP contribution in [0.4, 0.5) is 0 Å². The van der Waals surface area contributed by atoms with E-state index < -0.39 is 0 Å². The Morgan fingerprint density at radius 3 is 2.37 bits per heavy atom. The van der Waals surface area contributed by atoms with Crippen molar-refractivity contribution in [2.24, 2.45) is 0 Å². The molecule has 0 aliphatic carbocycles. The quantitative estimate of drug-likeness (QED) is 0.768. The molecule has 2 saturated heterocycles. The summed E-state index contributed by atoms with van der Waals surface area (Å²) in [7, 11) is 0. The minimum atomic E-state index is -0.281. The Morgan fingerprint density at radius 2 is 1.63 bits per heavy atom. The summed E-state index contributed by atoms with van der Waals surface area (Å²) in [4.78, 5) is 41.5. The van der Waals surface area contributed by atoms with Crippen molar-refractivity contribution in [1.82, 2.24) is 15.1 Å². The van der Waals surface area contributed by atoms with Gasteiger partial charge in [0.2, 0.25) is 0 Å². The zero-order chi connectivity index (χ0) is 20.0. The van der Waals surface area contributed by atoms with Crippen LogP contribution in [0.2, 0.25) is 0 Å². The number of carbonyl (C=O) groups excluding carboxylic acids is 3. The molecule has 30 heavy (non-hydrogen) atoms. The average Bonchev–Trinajstić information content (AvgIpc) is 3.19. The van der Waals surface area contributed by atoms with Crippen molar-refractivity contribution >= 4 is 30.1 Å². The van der Waals surface area contributed by atoms with Crippen LogP contribution in [0.25, 0.3) is 0 Å². The molecular formula is C23H24ClN3O3. The van der Waals surface area contributed by atoms with Gasteiger partial charge in [-0.25, -0.2) is 0 Å². The Bertz CT molecular complexity index is 974. The molecule has 2 bridgehead atoms. The van der Waals surface area contributed by atoms with Gasteiger partial charge in [0, 0.05) is 30.7 Å². The normalized spacial score (nSPS) is 22.5. The van der Waals surface area contributed by atoms with Gasteiger partial charge in [-0.1, -0.05) is 24.3 Å². The van der Waals surface area contributed by atoms with Crippen LogP contribution in [0.1, 0.15) is 55.9 Å². The van der Waals surface area contributed by atoms with Gasteiger partial charge in [0.05, 0.1) is 17.7 Å². The number of hydrogen-bond acceptors (Lipinski definition) is 4. The molecule has 156 valence electrons. The van der Waals surface area contributed by atoms with E-state index in [0.29, 0.717) is 28.8 Å². The molecule has 0 radical (unpaired) electrons. The maximum Gasteiger partial charge on any atom is 0.261 e. The van der Waals surface area contributed by atoms with Gasteiger partial charge in [-0.15, -0.1) is 12.4 Å². The molecular weight excluding hydrogens is 402 g/mol. The fraction of sp³-hybridized carbons (Fsp3) is 0.348. The van der Waals surface area contributed by atoms with E-state index in [0.717, 1.165) is 31.5 Å². The van der Waals surface area contributed by atoms with Gasteiger partial charge in [-0.3, -0.25) is 19.3 Å². The van der Waals surface area contributed by atoms with Gasteiger partial charge in [0.25, 0.3) is 17.7 Å². The van der Waals surface area contributed by atoms with Crippen LogP contribution < -0.4 is 5.32 Å². The lowest BCUT2D eigenvalue weighted by Gasteiger charge is -2.24. The molecule has 2 aromatic rings. The van der Waals surface area contributed by atoms with Crippen molar-refractivity contribution < 1.29 is 14.4 Å². The van der Waals surface area contributed by atoms with Crippen LogP contribution >= 0.6 is 12.4 Å². The van der Waals surface area contributed by atoms with E-state index in [1.807, 2.05) is 29.2 Å². The molecule has 0 saturated carbocycles. The van der Waals surface area contributed by atoms with Gasteiger partial charge < -0.3 is 10.2 Å². The van der Waals surface area contributed by atoms with Gasteiger partial charge in [-0.2, -0.15) is 0 Å². The van der Waals surface area contributed by atoms with E-state index in [1.54, 1.807) is 24.3 Å². The predicted molar refractivity (Wildman–Crippen MR) is 115 cm³/mol. The van der Waals surface area contributed by atoms with Gasteiger partial charge in [0.15, 0.2) is 0 Å². The Labute approximate surface area is 181 Å². The summed E-state index contributed by atoms with van der Waals surface area (Å²) in [5.74, 6) is -0.544. The number of rotatable bonds is 3. The summed E-state index contributed by atoms with van der Waals surface area (Å²) in [6.45, 7) is 1.66. The van der Waals surface area contributed by atoms with Crippen LogP contribution in [0.15, 0.2) is 48.5 Å². The predicted octanol–water partition coefficient (Wildman–Crippen LogP) is 2.87. The van der Waals surface area contributed by atoms with E-state index in [2.05, 4.69) is 5.32 Å². The van der Waals surface area contributed by atoms with Crippen LogP contribution in [-0.4, -0.2) is 52.7 Å². The molecule has 2 unspecified atom stereocenters. The summed E-state index contributed by atoms with van der Waals surface area (Å²) in [6.07, 6.45) is 3.30. The molecule has 2 aromatic carbocycles. The fourth-order valence-corrected chi connectivity index (χ4v) is 4.68. The summed E-state index contributed by atoms with van der Waals surface area (Å²) in [6, 6.07) is 15.1. The summed E-state index contributed by atoms with van der Waals surface area (Å²) in [5, 5.41) is 3.59. The standard InChI is InChI=1S/C23H23N3O3.ClH/c27-21(25-11-10-17-8-9-18(14-25)24-17)16-5-3-4-15(12-16)13-26-22(28)19-6-1-2-7-20(19)23(26)29;/h1-7,12,17-18,24H,8-11,13-14H2;1H. The second-order valence-corrected chi connectivity index (χ2v) is 8.12. The number of nitrogens with zero attached hydrogens (tertiary/aromatic N) is 2. The first kappa shape index (κ1) is 20.6. The lowest BCUT2D eigenvalue weighted by atomic mass is 10.1. The van der Waals surface area contributed by atoms with Crippen LogP contribution in [0, 0.1) is 0 Å². The highest BCUT2D eigenvalue weighted by Gasteiger charge is 2.35. The largest absolute Gasteiger partial charge is 0.337 e. The summed E-state index contributed by atoms with van der Waals surface area (Å²) < 4.78 is 0. The highest BCUT2D eigenvalue weighted by Crippen LogP contribution is 2.25. The lowest BCUT2D eigenvalue weighted by Crippen LogP contribution is -2.39. The number of hydrogen-bond donors (Lipinski definition) is 1. The number of halogens is 1. The Morgan fingerprint density at radius 1 is 0.933 bits per heavy atom. The molecule has 3 aliphatic rings. The molecule has 5 rings (SSSR count). The van der Waals surface area contributed by atoms with E-state index in [4.69, 9.17) is 0 Å². The number of likely N-dealkylation sites (tertiary alicyclic amines) is 1. The van der Waals surface area contributed by atoms with E-state index >= 15 is 0 Å². The molecule has 2 atom stereocenters. The van der Waals surface area contributed by atoms with Crippen LogP contribution in [0.5, 0.6) is 0 Å². The van der Waals surface area contributed by atoms with Crippen molar-refractivity contribution in [2.45, 2.75) is 37.9 Å². The zero-order valence-corrected chi connectivity index (χ0v) is 17.4. The fourth-order valence-electron chi connectivity index (χ4n) is 4.68. The molecule has 6 nitrogen and oxygen atoms in total. The average molecular weight is 426 g/mol. The van der Waals surface area contributed by atoms with Crippen LogP contribution in [0.3, 0.4) is 0 Å². The Hall–Kier alpha value is -2.70. The van der Waals surface area contributed by atoms with Crippen molar-refractivity contribution in [3.8, 4) is 0 Å². The maximum absolute atomic E-state index is 13.1. The number of fused-ring (bicyclic) bond motifs is 3. The highest BCUT2D eigenvalue weighted by molar-refractivity contribution is 6.21. The molecule has 3 heterocycles. The van der Waals surface area contributed by atoms with Gasteiger partial charge in [0.1, 0.15) is 0 Å². The number of imide groups is 1. The Balaban J connectivity index is 0.00000218. The summed E-state index contributed by atoms with van der Waals surface area (Å²) >= 11 is 0. The lowest BCUT2D eigenvalue weighted by molar-refractivity contribution is 0.0642. The topological polar surface area (TPSA) is 69.7 Å². The molecule has 0 aromatic heterocycles. The van der Waals surface area contributed by atoms with E-state index in [9.17, 15) is 14.4 Å². The third kappa shape index (κ3) is 3.61. The molecule has 7 heteroatoms. The number of nitrogens with one attached hydrogen (secondary N) is 1. The van der Waals surface area contributed by atoms with E-state index in [-0.39, 0.29) is 36.7 Å². The second kappa shape index (κ2) is 8.20. The molecule has 3 aliphatic heterocycles. The van der Waals surface area contributed by atoms with Gasteiger partial charge >= 0.3 is 0 Å². The zero-order valence-electron chi connectivity index (χ0n) is 16.5. The first-order valence-electron chi connectivity index (χ1n) is 10.2. The summed E-state index contributed by atoms with van der Waals surface area (Å²) in [5.41, 5.74) is 2.27. The van der Waals surface area contributed by atoms with E-state index in [1.165, 1.54) is 11.3 Å². The molecule has 3 amide bonds. The molecule has 1 N–H and O–H groups in total. The number of benzene rings is 2. The van der Waals surface area contributed by atoms with Crippen molar-refractivity contribution in [2.75, 3.05) is 13.1 Å². The highest BCUT2D eigenvalue weighted by atomic mass is 35.5. The number of carbonyl (C=O) groups is 3. The second-order valence-electron chi connectivity index (χ2n) is 8.12. The van der Waals surface area contributed by atoms with Crippen molar-refractivity contribution in [3.63, 3.8) is 0 Å². The van der Waals surface area contributed by atoms with Crippen molar-refractivity contribution in [3.05, 3.63) is 70.8 Å². The maximum atomic E-state index is 13.1. The minimum absolute atomic E-state index is 0.